The minimum Gasteiger partial charge on any atom is -0.463 e. The van der Waals surface area contributed by atoms with E-state index in [4.69, 9.17) is 21.8 Å². The Balaban J connectivity index is 2.47. The highest BCUT2D eigenvalue weighted by atomic mass is 35.5. The lowest BCUT2D eigenvalue weighted by atomic mass is 10.2. The van der Waals surface area contributed by atoms with E-state index in [9.17, 15) is 9.59 Å². The summed E-state index contributed by atoms with van der Waals surface area (Å²) in [6, 6.07) is 3.90. The van der Waals surface area contributed by atoms with E-state index in [1.807, 2.05) is 5.43 Å². The maximum atomic E-state index is 12.0. The lowest BCUT2D eigenvalue weighted by molar-refractivity contribution is 0.249. The Labute approximate surface area is 106 Å². The monoisotopic (exact) mass is 265 g/mol. The van der Waals surface area contributed by atoms with E-state index in [0.29, 0.717) is 16.0 Å². The summed E-state index contributed by atoms with van der Waals surface area (Å²) in [5, 5.41) is 4.26. The van der Waals surface area contributed by atoms with Crippen molar-refractivity contribution in [2.75, 3.05) is 0 Å². The number of primary amides is 1. The van der Waals surface area contributed by atoms with Gasteiger partial charge in [0.15, 0.2) is 0 Å². The Morgan fingerprint density at radius 3 is 3.00 bits per heavy atom. The normalized spacial score (nSPS) is 10.9. The van der Waals surface area contributed by atoms with Gasteiger partial charge in [0, 0.05) is 5.02 Å². The summed E-state index contributed by atoms with van der Waals surface area (Å²) in [7, 11) is 0. The second kappa shape index (κ2) is 4.89. The zero-order valence-corrected chi connectivity index (χ0v) is 9.77. The van der Waals surface area contributed by atoms with Crippen molar-refractivity contribution in [1.82, 2.24) is 5.43 Å². The van der Waals surface area contributed by atoms with Crippen LogP contribution >= 0.6 is 11.6 Å². The second-order valence-corrected chi connectivity index (χ2v) is 3.83. The molecule has 0 atom stereocenters. The molecule has 0 saturated heterocycles. The van der Waals surface area contributed by atoms with Crippen LogP contribution in [0.4, 0.5) is 4.79 Å². The van der Waals surface area contributed by atoms with Crippen molar-refractivity contribution in [2.45, 2.75) is 0 Å². The van der Waals surface area contributed by atoms with Crippen LogP contribution in [0.2, 0.25) is 5.02 Å². The number of halogens is 1. The number of hydrazone groups is 1. The number of nitrogens with one attached hydrogen (secondary N) is 1. The van der Waals surface area contributed by atoms with E-state index in [2.05, 4.69) is 5.10 Å². The number of benzene rings is 1. The first-order valence-corrected chi connectivity index (χ1v) is 5.25. The molecule has 3 N–H and O–H groups in total. The molecule has 2 amide bonds. The van der Waals surface area contributed by atoms with Crippen LogP contribution in [0, 0.1) is 0 Å². The fourth-order valence-electron chi connectivity index (χ4n) is 1.37. The van der Waals surface area contributed by atoms with E-state index in [1.165, 1.54) is 12.3 Å². The van der Waals surface area contributed by atoms with E-state index in [-0.39, 0.29) is 11.0 Å². The van der Waals surface area contributed by atoms with Gasteiger partial charge in [-0.25, -0.2) is 10.2 Å². The molecule has 7 heteroatoms. The molecule has 6 nitrogen and oxygen atoms in total. The smallest absolute Gasteiger partial charge is 0.332 e. The summed E-state index contributed by atoms with van der Waals surface area (Å²) in [5.74, 6) is 0. The molecule has 0 aliphatic heterocycles. The summed E-state index contributed by atoms with van der Waals surface area (Å²) in [6.07, 6.45) is 2.39. The van der Waals surface area contributed by atoms with Crippen LogP contribution in [0.5, 0.6) is 0 Å². The van der Waals surface area contributed by atoms with Crippen LogP contribution in [-0.2, 0) is 0 Å². The molecule has 2 aromatic rings. The molecule has 0 bridgehead atoms. The largest absolute Gasteiger partial charge is 0.463 e. The first-order valence-electron chi connectivity index (χ1n) is 4.87. The van der Waals surface area contributed by atoms with E-state index in [0.717, 1.165) is 6.21 Å². The summed E-state index contributed by atoms with van der Waals surface area (Å²) in [4.78, 5) is 22.4. The van der Waals surface area contributed by atoms with Crippen molar-refractivity contribution < 1.29 is 9.21 Å². The molecule has 0 fully saturated rings. The average Bonchev–Trinajstić information content (AvgIpc) is 2.32. The molecule has 18 heavy (non-hydrogen) atoms. The van der Waals surface area contributed by atoms with Crippen molar-refractivity contribution in [3.63, 3.8) is 0 Å². The third-order valence-corrected chi connectivity index (χ3v) is 2.37. The van der Waals surface area contributed by atoms with Crippen molar-refractivity contribution in [3.8, 4) is 0 Å². The van der Waals surface area contributed by atoms with Crippen molar-refractivity contribution >= 4 is 34.8 Å². The summed E-state index contributed by atoms with van der Waals surface area (Å²) in [6.45, 7) is 0. The first-order chi connectivity index (χ1) is 8.58. The van der Waals surface area contributed by atoms with Crippen LogP contribution in [0.3, 0.4) is 0 Å². The highest BCUT2D eigenvalue weighted by molar-refractivity contribution is 6.31. The second-order valence-electron chi connectivity index (χ2n) is 3.39. The zero-order valence-electron chi connectivity index (χ0n) is 9.01. The van der Waals surface area contributed by atoms with Crippen molar-refractivity contribution in [2.24, 2.45) is 10.8 Å². The molecule has 0 spiro atoms. The predicted molar refractivity (Wildman–Crippen MR) is 67.8 cm³/mol. The lowest BCUT2D eigenvalue weighted by Gasteiger charge is -1.98. The van der Waals surface area contributed by atoms with Crippen LogP contribution in [0.25, 0.3) is 11.0 Å². The highest BCUT2D eigenvalue weighted by Gasteiger charge is 2.05. The summed E-state index contributed by atoms with van der Waals surface area (Å²) < 4.78 is 5.24. The number of carbonyl (C=O) groups excluding carboxylic acids is 1. The molecule has 0 unspecified atom stereocenters. The minimum atomic E-state index is -0.820. The number of fused-ring (bicyclic) bond motifs is 1. The van der Waals surface area contributed by atoms with Crippen LogP contribution in [0.15, 0.2) is 38.8 Å². The Kier molecular flexibility index (Phi) is 3.29. The fraction of sp³-hybridized carbons (Fsp3) is 0. The lowest BCUT2D eigenvalue weighted by Crippen LogP contribution is -2.24. The number of nitrogens with two attached hydrogens (primary N) is 1. The molecular weight excluding hydrogens is 258 g/mol. The van der Waals surface area contributed by atoms with Crippen molar-refractivity contribution in [1.29, 1.82) is 0 Å². The quantitative estimate of drug-likeness (QED) is 0.635. The molecule has 0 aliphatic rings. The molecule has 2 rings (SSSR count). The SMILES string of the molecule is NC(=O)N/N=C\c1coc2ccc(Cl)cc2c1=O. The minimum absolute atomic E-state index is 0.179. The Bertz CT molecular complexity index is 693. The van der Waals surface area contributed by atoms with Gasteiger partial charge >= 0.3 is 6.03 Å². The van der Waals surface area contributed by atoms with Gasteiger partial charge < -0.3 is 10.2 Å². The number of urea groups is 1. The molecule has 1 heterocycles. The number of hydrogen-bond acceptors (Lipinski definition) is 4. The average molecular weight is 266 g/mol. The van der Waals surface area contributed by atoms with Gasteiger partial charge in [0.1, 0.15) is 11.8 Å². The van der Waals surface area contributed by atoms with E-state index >= 15 is 0 Å². The van der Waals surface area contributed by atoms with Gasteiger partial charge in [0.25, 0.3) is 0 Å². The predicted octanol–water partition coefficient (Wildman–Crippen LogP) is 1.45. The van der Waals surface area contributed by atoms with E-state index in [1.54, 1.807) is 12.1 Å². The van der Waals surface area contributed by atoms with Gasteiger partial charge in [-0.15, -0.1) is 0 Å². The molecule has 0 radical (unpaired) electrons. The molecular formula is C11H8ClN3O3. The maximum Gasteiger partial charge on any atom is 0.332 e. The number of carbonyl (C=O) groups is 1. The van der Waals surface area contributed by atoms with Crippen molar-refractivity contribution in [3.05, 3.63) is 45.3 Å². The van der Waals surface area contributed by atoms with Gasteiger partial charge in [-0.1, -0.05) is 11.6 Å². The maximum absolute atomic E-state index is 12.0. The topological polar surface area (TPSA) is 97.7 Å². The standard InChI is InChI=1S/C11H8ClN3O3/c12-7-1-2-9-8(3-7)10(16)6(5-18-9)4-14-15-11(13)17/h1-5H,(H3,13,15,17)/b14-4-. The zero-order chi connectivity index (χ0) is 13.1. The highest BCUT2D eigenvalue weighted by Crippen LogP contribution is 2.16. The van der Waals surface area contributed by atoms with E-state index < -0.39 is 6.03 Å². The Morgan fingerprint density at radius 2 is 2.28 bits per heavy atom. The summed E-state index contributed by atoms with van der Waals surface area (Å²) >= 11 is 5.80. The number of nitrogens with zero attached hydrogens (tertiary/aromatic N) is 1. The van der Waals surface area contributed by atoms with Crippen LogP contribution < -0.4 is 16.6 Å². The molecule has 92 valence electrons. The summed E-state index contributed by atoms with van der Waals surface area (Å²) in [5.41, 5.74) is 7.11. The van der Waals surface area contributed by atoms with Gasteiger partial charge in [0.2, 0.25) is 5.43 Å². The van der Waals surface area contributed by atoms with Gasteiger partial charge in [0.05, 0.1) is 17.2 Å². The first kappa shape index (κ1) is 12.1. The fourth-order valence-corrected chi connectivity index (χ4v) is 1.55. The third kappa shape index (κ3) is 2.49. The molecule has 0 aliphatic carbocycles. The Morgan fingerprint density at radius 1 is 1.50 bits per heavy atom. The van der Waals surface area contributed by atoms with Crippen LogP contribution in [-0.4, -0.2) is 12.2 Å². The number of hydrogen-bond donors (Lipinski definition) is 2. The third-order valence-electron chi connectivity index (χ3n) is 2.14. The molecule has 0 saturated carbocycles. The van der Waals surface area contributed by atoms with Gasteiger partial charge in [-0.2, -0.15) is 5.10 Å². The van der Waals surface area contributed by atoms with Crippen LogP contribution in [0.1, 0.15) is 5.56 Å². The van der Waals surface area contributed by atoms with Gasteiger partial charge in [-0.3, -0.25) is 4.79 Å². The van der Waals surface area contributed by atoms with Gasteiger partial charge in [-0.05, 0) is 18.2 Å². The Hall–Kier alpha value is -2.34. The molecule has 1 aromatic carbocycles. The molecule has 1 aromatic heterocycles. The number of amides is 2. The number of rotatable bonds is 2.